The first-order chi connectivity index (χ1) is 9.31. The zero-order valence-electron chi connectivity index (χ0n) is 11.1. The highest BCUT2D eigenvalue weighted by atomic mass is 35.5. The average molecular weight is 320 g/mol. The van der Waals surface area contributed by atoms with Gasteiger partial charge in [-0.05, 0) is 13.8 Å². The van der Waals surface area contributed by atoms with Crippen LogP contribution in [0.15, 0.2) is 12.1 Å². The van der Waals surface area contributed by atoms with Gasteiger partial charge >= 0.3 is 0 Å². The molecule has 1 amide bonds. The molecule has 0 bridgehead atoms. The normalized spacial score (nSPS) is 10.4. The Balaban J connectivity index is 2.65. The molecule has 0 aliphatic rings. The number of nitro benzene ring substituents is 1. The van der Waals surface area contributed by atoms with Crippen LogP contribution in [0.1, 0.15) is 20.3 Å². The number of amides is 1. The van der Waals surface area contributed by atoms with E-state index in [0.29, 0.717) is 12.2 Å². The van der Waals surface area contributed by atoms with Crippen LogP contribution in [-0.2, 0) is 4.79 Å². The topological polar surface area (TPSA) is 84.3 Å². The molecule has 0 heterocycles. The highest BCUT2D eigenvalue weighted by Gasteiger charge is 2.14. The first-order valence-electron chi connectivity index (χ1n) is 5.98. The number of non-ortho nitro benzene ring substituents is 1. The van der Waals surface area contributed by atoms with Crippen molar-refractivity contribution in [2.45, 2.75) is 26.3 Å². The molecule has 0 spiro atoms. The number of anilines is 1. The minimum Gasteiger partial charge on any atom is -0.382 e. The van der Waals surface area contributed by atoms with Gasteiger partial charge in [0.2, 0.25) is 5.91 Å². The van der Waals surface area contributed by atoms with Gasteiger partial charge in [-0.15, -0.1) is 0 Å². The van der Waals surface area contributed by atoms with Crippen molar-refractivity contribution < 1.29 is 9.72 Å². The highest BCUT2D eigenvalue weighted by molar-refractivity contribution is 6.39. The zero-order chi connectivity index (χ0) is 15.3. The molecular weight excluding hydrogens is 305 g/mol. The van der Waals surface area contributed by atoms with E-state index in [1.54, 1.807) is 0 Å². The number of hydrogen-bond acceptors (Lipinski definition) is 4. The summed E-state index contributed by atoms with van der Waals surface area (Å²) in [4.78, 5) is 21.5. The fraction of sp³-hybridized carbons (Fsp3) is 0.417. The van der Waals surface area contributed by atoms with Crippen LogP contribution >= 0.6 is 23.2 Å². The maximum absolute atomic E-state index is 11.5. The van der Waals surface area contributed by atoms with Crippen molar-refractivity contribution in [3.05, 3.63) is 32.3 Å². The van der Waals surface area contributed by atoms with Gasteiger partial charge in [0.1, 0.15) is 0 Å². The number of carbonyl (C=O) groups excluding carboxylic acids is 1. The van der Waals surface area contributed by atoms with Gasteiger partial charge in [-0.1, -0.05) is 23.2 Å². The number of nitrogens with zero attached hydrogens (tertiary/aromatic N) is 1. The van der Waals surface area contributed by atoms with E-state index in [1.165, 1.54) is 12.1 Å². The van der Waals surface area contributed by atoms with Gasteiger partial charge in [0.15, 0.2) is 0 Å². The average Bonchev–Trinajstić information content (AvgIpc) is 2.31. The number of carbonyl (C=O) groups is 1. The zero-order valence-corrected chi connectivity index (χ0v) is 12.6. The van der Waals surface area contributed by atoms with Crippen LogP contribution < -0.4 is 10.6 Å². The molecular formula is C12H15Cl2N3O3. The van der Waals surface area contributed by atoms with Crippen LogP contribution in [0.2, 0.25) is 10.0 Å². The van der Waals surface area contributed by atoms with Gasteiger partial charge in [-0.25, -0.2) is 0 Å². The molecule has 0 atom stereocenters. The lowest BCUT2D eigenvalue weighted by Crippen LogP contribution is -2.31. The lowest BCUT2D eigenvalue weighted by atomic mass is 10.2. The Morgan fingerprint density at radius 1 is 1.35 bits per heavy atom. The summed E-state index contributed by atoms with van der Waals surface area (Å²) in [5.74, 6) is -0.0957. The van der Waals surface area contributed by atoms with Crippen LogP contribution in [0.3, 0.4) is 0 Å². The number of hydrogen-bond donors (Lipinski definition) is 2. The van der Waals surface area contributed by atoms with E-state index in [9.17, 15) is 14.9 Å². The van der Waals surface area contributed by atoms with Crippen molar-refractivity contribution in [1.82, 2.24) is 5.32 Å². The van der Waals surface area contributed by atoms with Crippen LogP contribution in [0.5, 0.6) is 0 Å². The van der Waals surface area contributed by atoms with Crippen molar-refractivity contribution in [2.24, 2.45) is 0 Å². The van der Waals surface area contributed by atoms with Crippen LogP contribution in [0, 0.1) is 10.1 Å². The second kappa shape index (κ2) is 7.31. The van der Waals surface area contributed by atoms with Crippen LogP contribution in [0.4, 0.5) is 11.4 Å². The Morgan fingerprint density at radius 3 is 2.35 bits per heavy atom. The molecule has 1 aromatic rings. The summed E-state index contributed by atoms with van der Waals surface area (Å²) in [6.45, 7) is 4.07. The minimum absolute atomic E-state index is 0.0778. The molecule has 6 nitrogen and oxygen atoms in total. The molecule has 0 radical (unpaired) electrons. The van der Waals surface area contributed by atoms with Crippen molar-refractivity contribution in [2.75, 3.05) is 11.9 Å². The van der Waals surface area contributed by atoms with Crippen molar-refractivity contribution in [3.63, 3.8) is 0 Å². The summed E-state index contributed by atoms with van der Waals surface area (Å²) in [6, 6.07) is 2.50. The maximum atomic E-state index is 11.5. The Kier molecular flexibility index (Phi) is 6.04. The van der Waals surface area contributed by atoms with E-state index in [2.05, 4.69) is 10.6 Å². The molecule has 20 heavy (non-hydrogen) atoms. The summed E-state index contributed by atoms with van der Waals surface area (Å²) < 4.78 is 0. The van der Waals surface area contributed by atoms with E-state index < -0.39 is 4.92 Å². The maximum Gasteiger partial charge on any atom is 0.272 e. The summed E-state index contributed by atoms with van der Waals surface area (Å²) in [5, 5.41) is 16.6. The molecule has 1 rings (SSSR count). The lowest BCUT2D eigenvalue weighted by molar-refractivity contribution is -0.384. The Bertz CT molecular complexity index is 498. The summed E-state index contributed by atoms with van der Waals surface area (Å²) in [6.07, 6.45) is 0.252. The van der Waals surface area contributed by atoms with Gasteiger partial charge in [-0.3, -0.25) is 14.9 Å². The summed E-state index contributed by atoms with van der Waals surface area (Å²) in [5.41, 5.74) is 0.208. The quantitative estimate of drug-likeness (QED) is 0.622. The summed E-state index contributed by atoms with van der Waals surface area (Å²) in [7, 11) is 0. The molecule has 110 valence electrons. The Morgan fingerprint density at radius 2 is 1.90 bits per heavy atom. The Labute approximate surface area is 126 Å². The third-order valence-electron chi connectivity index (χ3n) is 2.34. The van der Waals surface area contributed by atoms with Gasteiger partial charge in [0, 0.05) is 31.1 Å². The number of rotatable bonds is 6. The van der Waals surface area contributed by atoms with Crippen LogP contribution in [0.25, 0.3) is 0 Å². The molecule has 8 heteroatoms. The van der Waals surface area contributed by atoms with E-state index in [1.807, 2.05) is 13.8 Å². The monoisotopic (exact) mass is 319 g/mol. The number of nitrogens with one attached hydrogen (secondary N) is 2. The molecule has 0 aromatic heterocycles. The molecule has 2 N–H and O–H groups in total. The largest absolute Gasteiger partial charge is 0.382 e. The van der Waals surface area contributed by atoms with Crippen molar-refractivity contribution >= 4 is 40.5 Å². The van der Waals surface area contributed by atoms with E-state index in [0.717, 1.165) is 0 Å². The van der Waals surface area contributed by atoms with Gasteiger partial charge in [0.05, 0.1) is 20.7 Å². The van der Waals surface area contributed by atoms with E-state index in [4.69, 9.17) is 23.2 Å². The molecule has 0 fully saturated rings. The lowest BCUT2D eigenvalue weighted by Gasteiger charge is -2.11. The predicted octanol–water partition coefficient (Wildman–Crippen LogP) is 3.23. The number of halogens is 2. The smallest absolute Gasteiger partial charge is 0.272 e. The fourth-order valence-corrected chi connectivity index (χ4v) is 2.14. The molecule has 0 saturated carbocycles. The highest BCUT2D eigenvalue weighted by Crippen LogP contribution is 2.34. The first-order valence-corrected chi connectivity index (χ1v) is 6.73. The molecule has 0 aliphatic carbocycles. The third-order valence-corrected chi connectivity index (χ3v) is 2.94. The molecule has 0 saturated heterocycles. The summed E-state index contributed by atoms with van der Waals surface area (Å²) >= 11 is 11.9. The van der Waals surface area contributed by atoms with Gasteiger partial charge in [-0.2, -0.15) is 0 Å². The first kappa shape index (κ1) is 16.5. The number of benzene rings is 1. The van der Waals surface area contributed by atoms with Crippen molar-refractivity contribution in [3.8, 4) is 0 Å². The number of nitro groups is 1. The van der Waals surface area contributed by atoms with E-state index in [-0.39, 0.29) is 34.1 Å². The standard InChI is InChI=1S/C12H15Cl2N3O3/c1-7(2)16-11(18)3-4-15-12-9(13)5-8(17(19)20)6-10(12)14/h5-7,15H,3-4H2,1-2H3,(H,16,18). The fourth-order valence-electron chi connectivity index (χ4n) is 1.53. The molecule has 1 aromatic carbocycles. The predicted molar refractivity (Wildman–Crippen MR) is 79.5 cm³/mol. The minimum atomic E-state index is -0.572. The SMILES string of the molecule is CC(C)NC(=O)CCNc1c(Cl)cc([N+](=O)[O-])cc1Cl. The second-order valence-corrected chi connectivity index (χ2v) is 5.25. The second-order valence-electron chi connectivity index (χ2n) is 4.44. The Hall–Kier alpha value is -1.53. The van der Waals surface area contributed by atoms with Crippen molar-refractivity contribution in [1.29, 1.82) is 0 Å². The van der Waals surface area contributed by atoms with E-state index >= 15 is 0 Å². The third kappa shape index (κ3) is 4.86. The molecule has 0 unspecified atom stereocenters. The van der Waals surface area contributed by atoms with Crippen LogP contribution in [-0.4, -0.2) is 23.4 Å². The van der Waals surface area contributed by atoms with Gasteiger partial charge in [0.25, 0.3) is 5.69 Å². The molecule has 0 aliphatic heterocycles. The van der Waals surface area contributed by atoms with Gasteiger partial charge < -0.3 is 10.6 Å².